The molecule has 0 amide bonds. The summed E-state index contributed by atoms with van der Waals surface area (Å²) in [5.41, 5.74) is 31.3. The van der Waals surface area contributed by atoms with Crippen LogP contribution in [0.15, 0.2) is 77.5 Å². The van der Waals surface area contributed by atoms with Crippen molar-refractivity contribution in [3.63, 3.8) is 0 Å². The number of aliphatic imine (C=N–C) groups is 1. The standard InChI is InChI=1S/C15H24.3C13H21N.C9H19N.C9H14O.C9H14S.C7H12.C5H7N/c1-9-10(2)12(4)14(15(6,7)8)13(5)11(9)3;1-8-10(3)14-11(4)9(2)12(8)13(5,6)7;1-8-9(2)12(13(5,6)7)11(4)14-10(8)3;1-8-9(2)11(4)14-12(10(8)3)13(5,6)7;1-9(2,3)10-7-5-4-6-8-10;2*1-9(2,3)8-6-4-5-7-10-8;1-7-5-3-2-4-6-7;1-5-3-2-4-6-5/h1-8H3;3*1-7H3;4-8H2,1-3H3;2*4-8H,1-3H3;2-3,7H,4-6H2,1H3;2,4H,3H2,1H3. The average Bonchev–Trinajstić information content (AvgIpc) is 0.808. The number of likely N-dealkylation sites (tertiary alicyclic amines) is 1. The van der Waals surface area contributed by atoms with Crippen LogP contribution in [0.4, 0.5) is 0 Å². The molecule has 5 aliphatic rings. The lowest BCUT2D eigenvalue weighted by Gasteiger charge is -2.38. The Kier molecular flexibility index (Phi) is 37.4. The van der Waals surface area contributed by atoms with Gasteiger partial charge in [-0.15, -0.1) is 11.8 Å². The van der Waals surface area contributed by atoms with Gasteiger partial charge in [-0.2, -0.15) is 0 Å². The van der Waals surface area contributed by atoms with Crippen LogP contribution in [0.25, 0.3) is 0 Å². The Balaban J connectivity index is 0.000000569. The van der Waals surface area contributed by atoms with Crippen molar-refractivity contribution >= 4 is 17.5 Å². The normalized spacial score (nSPS) is 17.4. The van der Waals surface area contributed by atoms with Gasteiger partial charge >= 0.3 is 0 Å². The first-order valence-electron chi connectivity index (χ1n) is 38.0. The number of nitrogens with zero attached hydrogens (tertiary/aromatic N) is 5. The zero-order valence-electron chi connectivity index (χ0n) is 72.6. The lowest BCUT2D eigenvalue weighted by atomic mass is 9.77. The Bertz CT molecular complexity index is 3350. The van der Waals surface area contributed by atoms with Crippen LogP contribution in [0.5, 0.6) is 0 Å². The Morgan fingerprint density at radius 2 is 0.840 bits per heavy atom. The molecule has 562 valence electrons. The Hall–Kier alpha value is -5.11. The van der Waals surface area contributed by atoms with Crippen LogP contribution >= 0.6 is 11.8 Å². The highest BCUT2D eigenvalue weighted by Crippen LogP contribution is 2.37. The van der Waals surface area contributed by atoms with E-state index in [9.17, 15) is 0 Å². The maximum atomic E-state index is 5.38. The van der Waals surface area contributed by atoms with Gasteiger partial charge in [-0.25, -0.2) is 0 Å². The van der Waals surface area contributed by atoms with Gasteiger partial charge in [-0.3, -0.25) is 24.8 Å². The Labute approximate surface area is 623 Å². The molecule has 7 heterocycles. The van der Waals surface area contributed by atoms with Gasteiger partial charge < -0.3 is 4.74 Å². The molecular formula is C93H153N5OS. The van der Waals surface area contributed by atoms with E-state index in [4.69, 9.17) is 9.72 Å². The van der Waals surface area contributed by atoms with Crippen molar-refractivity contribution in [2.75, 3.05) is 13.1 Å². The summed E-state index contributed by atoms with van der Waals surface area (Å²) in [6.45, 7) is 91.2. The van der Waals surface area contributed by atoms with Gasteiger partial charge in [0.25, 0.3) is 0 Å². The zero-order chi connectivity index (χ0) is 77.6. The molecule has 0 radical (unpaired) electrons. The van der Waals surface area contributed by atoms with E-state index in [1.807, 2.05) is 37.0 Å². The lowest BCUT2D eigenvalue weighted by molar-refractivity contribution is 0.0823. The maximum absolute atomic E-state index is 5.38. The maximum Gasteiger partial charge on any atom is 0.121 e. The molecule has 3 unspecified atom stereocenters. The van der Waals surface area contributed by atoms with Crippen LogP contribution in [0.3, 0.4) is 0 Å². The second-order valence-electron chi connectivity index (χ2n) is 36.6. The van der Waals surface area contributed by atoms with Crippen LogP contribution in [-0.2, 0) is 26.4 Å². The number of aryl methyl sites for hydroxylation is 5. The third-order valence-corrected chi connectivity index (χ3v) is 21.8. The fourth-order valence-electron chi connectivity index (χ4n) is 13.6. The monoisotopic (exact) mass is 1390 g/mol. The van der Waals surface area contributed by atoms with Gasteiger partial charge in [-0.05, 0) is 319 Å². The van der Waals surface area contributed by atoms with E-state index in [0.29, 0.717) is 16.2 Å². The van der Waals surface area contributed by atoms with Crippen molar-refractivity contribution < 1.29 is 4.74 Å². The number of ether oxygens (including phenoxy) is 1. The Morgan fingerprint density at radius 1 is 0.410 bits per heavy atom. The first kappa shape index (κ1) is 92.9. The molecule has 1 saturated heterocycles. The number of hydrogen-bond donors (Lipinski definition) is 0. The summed E-state index contributed by atoms with van der Waals surface area (Å²) in [6.07, 6.45) is 32.2. The van der Waals surface area contributed by atoms with Gasteiger partial charge in [0.15, 0.2) is 0 Å². The van der Waals surface area contributed by atoms with Crippen molar-refractivity contribution in [1.82, 2.24) is 19.9 Å². The summed E-state index contributed by atoms with van der Waals surface area (Å²) in [5, 5.41) is 2.81. The molecule has 6 nitrogen and oxygen atoms in total. The summed E-state index contributed by atoms with van der Waals surface area (Å²) < 4.78 is 5.38. The molecule has 9 rings (SSSR count). The van der Waals surface area contributed by atoms with Crippen LogP contribution in [0, 0.1) is 134 Å². The molecule has 1 aliphatic carbocycles. The summed E-state index contributed by atoms with van der Waals surface area (Å²) >= 11 is 1.90. The van der Waals surface area contributed by atoms with Gasteiger partial charge in [0, 0.05) is 74.1 Å². The van der Waals surface area contributed by atoms with Crippen LogP contribution < -0.4 is 0 Å². The number of benzene rings is 1. The fourth-order valence-corrected chi connectivity index (χ4v) is 14.5. The molecule has 0 spiro atoms. The fraction of sp³-hybridized carbons (Fsp3) is 0.634. The van der Waals surface area contributed by atoms with Gasteiger partial charge in [-0.1, -0.05) is 181 Å². The van der Waals surface area contributed by atoms with Gasteiger partial charge in [0.2, 0.25) is 0 Å². The molecule has 1 fully saturated rings. The number of piperidine rings is 1. The van der Waals surface area contributed by atoms with Crippen molar-refractivity contribution in [2.45, 2.75) is 360 Å². The highest BCUT2D eigenvalue weighted by atomic mass is 32.2. The second-order valence-corrected chi connectivity index (χ2v) is 37.6. The van der Waals surface area contributed by atoms with Crippen molar-refractivity contribution in [2.24, 2.45) is 21.7 Å². The SMILES string of the molecule is CC(C)(C)C1C=CC=CO1.CC(C)(C)C1C=CC=CS1.CC(C)(C)N1CCCCC1.CC1=NC=CC1.CC1CC=CCC1.Cc1c(C)c(C)c(C(C)(C)C)c(C)c1C.Cc1nc(C(C)(C)C)c(C)c(C)c1C.Cc1nc(C)c(C(C)(C)C)c(C)c1C.Cc1nc(C)c(C)c(C(C)(C)C)c1C. The topological polar surface area (TPSA) is 63.5 Å². The number of aromatic nitrogens is 3. The summed E-state index contributed by atoms with van der Waals surface area (Å²) in [6, 6.07) is 0. The quantitative estimate of drug-likeness (QED) is 0.164. The molecule has 1 aromatic carbocycles. The smallest absolute Gasteiger partial charge is 0.121 e. The van der Waals surface area contributed by atoms with Crippen molar-refractivity contribution in [1.29, 1.82) is 0 Å². The first-order valence-corrected chi connectivity index (χ1v) is 38.9. The average molecular weight is 1390 g/mol. The minimum Gasteiger partial charge on any atom is -0.493 e. The van der Waals surface area contributed by atoms with Crippen LogP contribution in [-0.4, -0.2) is 55.5 Å². The third-order valence-electron chi connectivity index (χ3n) is 20.4. The minimum atomic E-state index is 0.146. The van der Waals surface area contributed by atoms with Crippen molar-refractivity contribution in [3.05, 3.63) is 190 Å². The van der Waals surface area contributed by atoms with Gasteiger partial charge in [0.05, 0.1) is 6.26 Å². The van der Waals surface area contributed by atoms with E-state index in [1.54, 1.807) is 6.26 Å². The molecule has 3 atom stereocenters. The van der Waals surface area contributed by atoms with E-state index in [-0.39, 0.29) is 33.2 Å². The zero-order valence-corrected chi connectivity index (χ0v) is 73.4. The van der Waals surface area contributed by atoms with E-state index < -0.39 is 0 Å². The van der Waals surface area contributed by atoms with Gasteiger partial charge in [0.1, 0.15) is 6.10 Å². The van der Waals surface area contributed by atoms with Crippen LogP contribution in [0.2, 0.25) is 0 Å². The minimum absolute atomic E-state index is 0.146. The van der Waals surface area contributed by atoms with E-state index in [1.165, 1.54) is 152 Å². The van der Waals surface area contributed by atoms with E-state index in [0.717, 1.165) is 35.1 Å². The molecule has 7 heteroatoms. The third kappa shape index (κ3) is 30.7. The van der Waals surface area contributed by atoms with Crippen LogP contribution in [0.1, 0.15) is 322 Å². The first-order chi connectivity index (χ1) is 45.5. The molecule has 100 heavy (non-hydrogen) atoms. The molecule has 3 aromatic heterocycles. The Morgan fingerprint density at radius 3 is 1.16 bits per heavy atom. The molecule has 0 N–H and O–H groups in total. The van der Waals surface area contributed by atoms with E-state index in [2.05, 4.69) is 338 Å². The number of allylic oxidation sites excluding steroid dienone is 7. The number of pyridine rings is 3. The number of rotatable bonds is 0. The van der Waals surface area contributed by atoms with E-state index >= 15 is 0 Å². The predicted octanol–water partition coefficient (Wildman–Crippen LogP) is 27.1. The second kappa shape index (κ2) is 40.2. The molecular weight excluding hydrogens is 1240 g/mol. The largest absolute Gasteiger partial charge is 0.493 e. The van der Waals surface area contributed by atoms with Crippen molar-refractivity contribution in [3.8, 4) is 0 Å². The highest BCUT2D eigenvalue weighted by molar-refractivity contribution is 8.03. The highest BCUT2D eigenvalue weighted by Gasteiger charge is 2.28. The summed E-state index contributed by atoms with van der Waals surface area (Å²) in [7, 11) is 0. The predicted molar refractivity (Wildman–Crippen MR) is 450 cm³/mol. The number of thioether (sulfide) groups is 1. The molecule has 0 saturated carbocycles. The number of hydrogen-bond acceptors (Lipinski definition) is 7. The molecule has 4 aromatic rings. The molecule has 4 aliphatic heterocycles. The summed E-state index contributed by atoms with van der Waals surface area (Å²) in [5.74, 6) is 0.949. The molecule has 0 bridgehead atoms. The lowest BCUT2D eigenvalue weighted by Crippen LogP contribution is -2.44. The summed E-state index contributed by atoms with van der Waals surface area (Å²) in [4.78, 5) is 20.4.